The summed E-state index contributed by atoms with van der Waals surface area (Å²) < 4.78 is 0. The zero-order valence-corrected chi connectivity index (χ0v) is 9.49. The summed E-state index contributed by atoms with van der Waals surface area (Å²) in [6.07, 6.45) is 2.28. The monoisotopic (exact) mass is 197 g/mol. The topological polar surface area (TPSA) is 40.5 Å². The van der Waals surface area contributed by atoms with Crippen LogP contribution in [0.5, 0.6) is 0 Å². The van der Waals surface area contributed by atoms with E-state index in [4.69, 9.17) is 10.2 Å². The zero-order valence-electron chi connectivity index (χ0n) is 7.93. The molecule has 2 nitrogen and oxygen atoms in total. The molecule has 0 aromatic rings. The van der Waals surface area contributed by atoms with Crippen molar-refractivity contribution in [2.45, 2.75) is 33.6 Å². The van der Waals surface area contributed by atoms with E-state index in [0.29, 0.717) is 0 Å². The zero-order chi connectivity index (χ0) is 8.83. The molecule has 2 N–H and O–H groups in total. The van der Waals surface area contributed by atoms with Gasteiger partial charge in [0.15, 0.2) is 0 Å². The van der Waals surface area contributed by atoms with Crippen LogP contribution in [-0.2, 0) is 21.7 Å². The number of hydrogen-bond acceptors (Lipinski definition) is 2. The average Bonchev–Trinajstić information content (AvgIpc) is 1.91. The van der Waals surface area contributed by atoms with Crippen LogP contribution in [0.1, 0.15) is 33.6 Å². The number of unbranched alkanes of at least 4 members (excludes halogenated alkanes) is 1. The Kier molecular flexibility index (Phi) is 94.3. The number of hydrogen-bond donors (Lipinski definition) is 2. The Labute approximate surface area is 85.9 Å². The average molecular weight is 197 g/mol. The quantitative estimate of drug-likeness (QED) is 0.495. The summed E-state index contributed by atoms with van der Waals surface area (Å²) in [5.41, 5.74) is 0. The summed E-state index contributed by atoms with van der Waals surface area (Å²) in [6, 6.07) is 0. The van der Waals surface area contributed by atoms with Crippen molar-refractivity contribution < 1.29 is 31.9 Å². The first kappa shape index (κ1) is 22.6. The maximum absolute atomic E-state index is 7.57. The SMILES string of the molecule is CCO.CCO.[CH2-]CCC.[Ti]. The summed E-state index contributed by atoms with van der Waals surface area (Å²) in [4.78, 5) is 0. The Hall–Kier alpha value is 0.634. The first-order valence-corrected chi connectivity index (χ1v) is 3.75. The number of rotatable bonds is 1. The maximum atomic E-state index is 7.57. The Bertz CT molecular complexity index is 24.1. The fourth-order valence-corrected chi connectivity index (χ4v) is 0. The van der Waals surface area contributed by atoms with Crippen molar-refractivity contribution in [2.75, 3.05) is 13.2 Å². The predicted octanol–water partition coefficient (Wildman–Crippen LogP) is 1.62. The Morgan fingerprint density at radius 3 is 1.09 bits per heavy atom. The van der Waals surface area contributed by atoms with Crippen molar-refractivity contribution >= 4 is 0 Å². The second-order valence-electron chi connectivity index (χ2n) is 1.49. The van der Waals surface area contributed by atoms with Crippen LogP contribution in [0.4, 0.5) is 0 Å². The molecule has 0 radical (unpaired) electrons. The molecule has 70 valence electrons. The van der Waals surface area contributed by atoms with Gasteiger partial charge >= 0.3 is 0 Å². The molecular formula is C8H21O2Ti-. The Morgan fingerprint density at radius 1 is 1.00 bits per heavy atom. The molecular weight excluding hydrogens is 176 g/mol. The van der Waals surface area contributed by atoms with E-state index in [1.807, 2.05) is 0 Å². The van der Waals surface area contributed by atoms with Crippen LogP contribution >= 0.6 is 0 Å². The van der Waals surface area contributed by atoms with Gasteiger partial charge in [-0.15, -0.1) is 0 Å². The van der Waals surface area contributed by atoms with Crippen molar-refractivity contribution in [3.05, 3.63) is 6.92 Å². The molecule has 0 rings (SSSR count). The molecule has 0 amide bonds. The Balaban J connectivity index is -0.0000000325. The molecule has 0 atom stereocenters. The van der Waals surface area contributed by atoms with Gasteiger partial charge in [-0.2, -0.15) is 6.42 Å². The van der Waals surface area contributed by atoms with Gasteiger partial charge in [-0.05, 0) is 13.8 Å². The normalized spacial score (nSPS) is 6.00. The fourth-order valence-electron chi connectivity index (χ4n) is 0. The molecule has 0 heterocycles. The van der Waals surface area contributed by atoms with Crippen LogP contribution in [-0.4, -0.2) is 23.4 Å². The minimum absolute atomic E-state index is 0. The molecule has 0 aromatic heterocycles. The predicted molar refractivity (Wildman–Crippen MR) is 45.8 cm³/mol. The van der Waals surface area contributed by atoms with Crippen molar-refractivity contribution in [1.29, 1.82) is 0 Å². The molecule has 0 unspecified atom stereocenters. The van der Waals surface area contributed by atoms with Gasteiger partial charge < -0.3 is 17.1 Å². The third kappa shape index (κ3) is 297. The molecule has 0 saturated carbocycles. The molecule has 11 heavy (non-hydrogen) atoms. The van der Waals surface area contributed by atoms with Crippen molar-refractivity contribution in [1.82, 2.24) is 0 Å². The first-order chi connectivity index (χ1) is 4.74. The van der Waals surface area contributed by atoms with Gasteiger partial charge in [-0.3, -0.25) is 0 Å². The molecule has 0 aromatic carbocycles. The van der Waals surface area contributed by atoms with Gasteiger partial charge in [0.2, 0.25) is 0 Å². The van der Waals surface area contributed by atoms with E-state index in [-0.39, 0.29) is 34.9 Å². The molecule has 0 aliphatic carbocycles. The molecule has 0 aliphatic heterocycles. The third-order valence-electron chi connectivity index (χ3n) is 0.354. The standard InChI is InChI=1S/C4H9.2C2H6O.Ti/c1-3-4-2;2*1-2-3;/h1,3-4H2,2H3;2*3H,2H2,1H3;/q-1;;;. The summed E-state index contributed by atoms with van der Waals surface area (Å²) in [5, 5.41) is 15.1. The summed E-state index contributed by atoms with van der Waals surface area (Å²) in [6.45, 7) is 9.58. The summed E-state index contributed by atoms with van der Waals surface area (Å²) in [7, 11) is 0. The molecule has 0 saturated heterocycles. The number of aliphatic hydroxyl groups excluding tert-OH is 2. The van der Waals surface area contributed by atoms with Crippen LogP contribution in [0.25, 0.3) is 0 Å². The second kappa shape index (κ2) is 46.0. The maximum Gasteiger partial charge on any atom is 0.0402 e. The van der Waals surface area contributed by atoms with E-state index in [1.165, 1.54) is 6.42 Å². The van der Waals surface area contributed by atoms with Gasteiger partial charge in [-0.25, -0.2) is 0 Å². The molecule has 0 aliphatic rings. The van der Waals surface area contributed by atoms with Gasteiger partial charge in [-0.1, -0.05) is 13.3 Å². The van der Waals surface area contributed by atoms with Crippen LogP contribution < -0.4 is 0 Å². The first-order valence-electron chi connectivity index (χ1n) is 3.75. The summed E-state index contributed by atoms with van der Waals surface area (Å²) in [5.74, 6) is 0. The Morgan fingerprint density at radius 2 is 1.09 bits per heavy atom. The smallest absolute Gasteiger partial charge is 0.0402 e. The third-order valence-corrected chi connectivity index (χ3v) is 0.354. The molecule has 0 fully saturated rings. The van der Waals surface area contributed by atoms with Gasteiger partial charge in [0.05, 0.1) is 0 Å². The van der Waals surface area contributed by atoms with E-state index in [9.17, 15) is 0 Å². The number of aliphatic hydroxyl groups is 2. The van der Waals surface area contributed by atoms with Crippen LogP contribution in [0.15, 0.2) is 0 Å². The van der Waals surface area contributed by atoms with Crippen molar-refractivity contribution in [3.63, 3.8) is 0 Å². The van der Waals surface area contributed by atoms with Crippen molar-refractivity contribution in [2.24, 2.45) is 0 Å². The van der Waals surface area contributed by atoms with E-state index in [0.717, 1.165) is 6.42 Å². The van der Waals surface area contributed by atoms with E-state index in [2.05, 4.69) is 13.8 Å². The van der Waals surface area contributed by atoms with E-state index < -0.39 is 0 Å². The minimum Gasteiger partial charge on any atom is -0.397 e. The summed E-state index contributed by atoms with van der Waals surface area (Å²) >= 11 is 0. The van der Waals surface area contributed by atoms with Crippen LogP contribution in [0.3, 0.4) is 0 Å². The van der Waals surface area contributed by atoms with E-state index in [1.54, 1.807) is 13.8 Å². The fraction of sp³-hybridized carbons (Fsp3) is 0.875. The van der Waals surface area contributed by atoms with Gasteiger partial charge in [0.1, 0.15) is 0 Å². The minimum atomic E-state index is 0. The van der Waals surface area contributed by atoms with Crippen molar-refractivity contribution in [3.8, 4) is 0 Å². The largest absolute Gasteiger partial charge is 0.397 e. The molecule has 0 bridgehead atoms. The molecule has 3 heteroatoms. The van der Waals surface area contributed by atoms with E-state index >= 15 is 0 Å². The van der Waals surface area contributed by atoms with Gasteiger partial charge in [0, 0.05) is 34.9 Å². The van der Waals surface area contributed by atoms with Crippen LogP contribution in [0, 0.1) is 6.92 Å². The van der Waals surface area contributed by atoms with Gasteiger partial charge in [0.25, 0.3) is 0 Å². The van der Waals surface area contributed by atoms with Crippen LogP contribution in [0.2, 0.25) is 0 Å². The second-order valence-corrected chi connectivity index (χ2v) is 1.49. The molecule has 0 spiro atoms.